The van der Waals surface area contributed by atoms with Gasteiger partial charge in [-0.15, -0.1) is 0 Å². The monoisotopic (exact) mass is 396 g/mol. The molecule has 8 nitrogen and oxygen atoms in total. The Labute approximate surface area is 168 Å². The SMILES string of the molecule is O=C(C[C@@H]1C/C=C\CCC(=O)N[C@H](c2ccccc2)COC1=O)Nc1ccn[nH]1. The second kappa shape index (κ2) is 10.2. The van der Waals surface area contributed by atoms with Crippen molar-refractivity contribution >= 4 is 23.6 Å². The zero-order chi connectivity index (χ0) is 20.5. The Morgan fingerprint density at radius 3 is 2.76 bits per heavy atom. The largest absolute Gasteiger partial charge is 0.463 e. The summed E-state index contributed by atoms with van der Waals surface area (Å²) < 4.78 is 5.49. The molecule has 1 aromatic carbocycles. The van der Waals surface area contributed by atoms with Crippen molar-refractivity contribution in [1.82, 2.24) is 15.5 Å². The number of hydrogen-bond acceptors (Lipinski definition) is 5. The number of cyclic esters (lactones) is 1. The molecule has 3 rings (SSSR count). The van der Waals surface area contributed by atoms with Gasteiger partial charge in [0.05, 0.1) is 18.2 Å². The van der Waals surface area contributed by atoms with Crippen LogP contribution in [0.3, 0.4) is 0 Å². The highest BCUT2D eigenvalue weighted by atomic mass is 16.5. The van der Waals surface area contributed by atoms with Crippen LogP contribution in [0, 0.1) is 5.92 Å². The van der Waals surface area contributed by atoms with Crippen molar-refractivity contribution in [3.63, 3.8) is 0 Å². The number of H-pyrrole nitrogens is 1. The highest BCUT2D eigenvalue weighted by Gasteiger charge is 2.25. The molecular weight excluding hydrogens is 372 g/mol. The third kappa shape index (κ3) is 6.31. The van der Waals surface area contributed by atoms with Crippen LogP contribution in [-0.2, 0) is 19.1 Å². The predicted octanol–water partition coefficient (Wildman–Crippen LogP) is 2.50. The molecule has 0 fully saturated rings. The topological polar surface area (TPSA) is 113 Å². The summed E-state index contributed by atoms with van der Waals surface area (Å²) in [6, 6.07) is 10.6. The Bertz CT molecular complexity index is 849. The molecule has 2 heterocycles. The zero-order valence-corrected chi connectivity index (χ0v) is 16.0. The third-order valence-electron chi connectivity index (χ3n) is 4.59. The molecule has 8 heteroatoms. The van der Waals surface area contributed by atoms with E-state index in [2.05, 4.69) is 20.8 Å². The van der Waals surface area contributed by atoms with Gasteiger partial charge in [-0.25, -0.2) is 0 Å². The van der Waals surface area contributed by atoms with E-state index in [4.69, 9.17) is 4.74 Å². The molecule has 0 bridgehead atoms. The van der Waals surface area contributed by atoms with E-state index in [1.807, 2.05) is 42.5 Å². The lowest BCUT2D eigenvalue weighted by atomic mass is 10.00. The van der Waals surface area contributed by atoms with Gasteiger partial charge in [0.25, 0.3) is 0 Å². The quantitative estimate of drug-likeness (QED) is 0.543. The van der Waals surface area contributed by atoms with E-state index in [1.54, 1.807) is 6.07 Å². The second-order valence-electron chi connectivity index (χ2n) is 6.83. The van der Waals surface area contributed by atoms with Gasteiger partial charge in [0, 0.05) is 18.9 Å². The lowest BCUT2D eigenvalue weighted by Crippen LogP contribution is -2.33. The van der Waals surface area contributed by atoms with Crippen LogP contribution in [0.25, 0.3) is 0 Å². The van der Waals surface area contributed by atoms with Crippen LogP contribution in [-0.4, -0.2) is 34.6 Å². The summed E-state index contributed by atoms with van der Waals surface area (Å²) >= 11 is 0. The van der Waals surface area contributed by atoms with Crippen molar-refractivity contribution in [1.29, 1.82) is 0 Å². The molecule has 0 spiro atoms. The molecule has 2 amide bonds. The summed E-state index contributed by atoms with van der Waals surface area (Å²) in [6.07, 6.45) is 6.47. The second-order valence-corrected chi connectivity index (χ2v) is 6.83. The average Bonchev–Trinajstić information content (AvgIpc) is 3.22. The molecule has 152 valence electrons. The van der Waals surface area contributed by atoms with Crippen LogP contribution >= 0.6 is 0 Å². The minimum Gasteiger partial charge on any atom is -0.463 e. The van der Waals surface area contributed by atoms with E-state index >= 15 is 0 Å². The van der Waals surface area contributed by atoms with Crippen molar-refractivity contribution < 1.29 is 19.1 Å². The van der Waals surface area contributed by atoms with Crippen molar-refractivity contribution in [3.05, 3.63) is 60.3 Å². The van der Waals surface area contributed by atoms with E-state index in [9.17, 15) is 14.4 Å². The molecule has 2 atom stereocenters. The number of aromatic amines is 1. The number of allylic oxidation sites excluding steroid dienone is 2. The number of nitrogens with one attached hydrogen (secondary N) is 3. The Morgan fingerprint density at radius 2 is 2.00 bits per heavy atom. The van der Waals surface area contributed by atoms with Crippen LogP contribution in [0.15, 0.2) is 54.7 Å². The summed E-state index contributed by atoms with van der Waals surface area (Å²) in [5.41, 5.74) is 0.856. The normalized spacial score (nSPS) is 21.8. The van der Waals surface area contributed by atoms with Gasteiger partial charge in [-0.3, -0.25) is 19.5 Å². The highest BCUT2D eigenvalue weighted by molar-refractivity contribution is 5.92. The number of ether oxygens (including phenoxy) is 1. The van der Waals surface area contributed by atoms with Crippen molar-refractivity contribution in [2.24, 2.45) is 5.92 Å². The molecule has 2 aromatic rings. The number of hydrogen-bond donors (Lipinski definition) is 3. The maximum absolute atomic E-state index is 12.7. The summed E-state index contributed by atoms with van der Waals surface area (Å²) in [6.45, 7) is 0.0109. The maximum Gasteiger partial charge on any atom is 0.309 e. The number of rotatable bonds is 4. The van der Waals surface area contributed by atoms with E-state index < -0.39 is 17.9 Å². The Hall–Kier alpha value is -3.42. The van der Waals surface area contributed by atoms with E-state index in [0.717, 1.165) is 5.56 Å². The van der Waals surface area contributed by atoms with Crippen molar-refractivity contribution in [3.8, 4) is 0 Å². The number of carbonyl (C=O) groups excluding carboxylic acids is 3. The first-order chi connectivity index (χ1) is 14.1. The number of nitrogens with zero attached hydrogens (tertiary/aromatic N) is 1. The molecule has 0 aliphatic carbocycles. The standard InChI is InChI=1S/C21H24N4O4/c26-19-10-6-2-5-9-16(13-20(27)24-18-11-12-22-25-18)21(28)29-14-17(23-19)15-7-3-1-4-8-15/h1-5,7-8,11-12,16-17H,6,9-10,13-14H2,(H,23,26)(H2,22,24,25,27)/b5-2-/t16-,17-/m0/s1. The van der Waals surface area contributed by atoms with Gasteiger partial charge in [-0.2, -0.15) is 5.10 Å². The first-order valence-electron chi connectivity index (χ1n) is 9.57. The lowest BCUT2D eigenvalue weighted by molar-refractivity contribution is -0.151. The molecule has 3 N–H and O–H groups in total. The number of anilines is 1. The fraction of sp³-hybridized carbons (Fsp3) is 0.333. The average molecular weight is 396 g/mol. The molecule has 0 unspecified atom stereocenters. The minimum atomic E-state index is -0.610. The fourth-order valence-corrected chi connectivity index (χ4v) is 3.06. The smallest absolute Gasteiger partial charge is 0.309 e. The van der Waals surface area contributed by atoms with Gasteiger partial charge in [-0.1, -0.05) is 42.5 Å². The number of esters is 1. The number of amides is 2. The van der Waals surface area contributed by atoms with E-state index in [1.165, 1.54) is 6.20 Å². The van der Waals surface area contributed by atoms with E-state index in [-0.39, 0.29) is 24.8 Å². The number of benzene rings is 1. The molecule has 0 radical (unpaired) electrons. The van der Waals surface area contributed by atoms with Crippen LogP contribution < -0.4 is 10.6 Å². The molecule has 1 aliphatic heterocycles. The molecule has 1 aromatic heterocycles. The first-order valence-corrected chi connectivity index (χ1v) is 9.57. The molecule has 0 saturated carbocycles. The van der Waals surface area contributed by atoms with Crippen molar-refractivity contribution in [2.75, 3.05) is 11.9 Å². The highest BCUT2D eigenvalue weighted by Crippen LogP contribution is 2.19. The van der Waals surface area contributed by atoms with Gasteiger partial charge >= 0.3 is 5.97 Å². The van der Waals surface area contributed by atoms with Crippen LogP contribution in [0.4, 0.5) is 5.82 Å². The molecular formula is C21H24N4O4. The Balaban J connectivity index is 1.69. The lowest BCUT2D eigenvalue weighted by Gasteiger charge is -2.21. The number of aromatic nitrogens is 2. The zero-order valence-electron chi connectivity index (χ0n) is 16.0. The molecule has 1 aliphatic rings. The summed E-state index contributed by atoms with van der Waals surface area (Å²) in [7, 11) is 0. The van der Waals surface area contributed by atoms with Gasteiger partial charge < -0.3 is 15.4 Å². The number of carbonyl (C=O) groups is 3. The van der Waals surface area contributed by atoms with Gasteiger partial charge in [0.1, 0.15) is 12.4 Å². The van der Waals surface area contributed by atoms with Crippen LogP contribution in [0.2, 0.25) is 0 Å². The van der Waals surface area contributed by atoms with Gasteiger partial charge in [0.2, 0.25) is 11.8 Å². The maximum atomic E-state index is 12.7. The predicted molar refractivity (Wildman–Crippen MR) is 107 cm³/mol. The van der Waals surface area contributed by atoms with Crippen LogP contribution in [0.5, 0.6) is 0 Å². The summed E-state index contributed by atoms with van der Waals surface area (Å²) in [4.78, 5) is 37.1. The van der Waals surface area contributed by atoms with Gasteiger partial charge in [0.15, 0.2) is 0 Å². The molecule has 0 saturated heterocycles. The fourth-order valence-electron chi connectivity index (χ4n) is 3.06. The van der Waals surface area contributed by atoms with Gasteiger partial charge in [-0.05, 0) is 18.4 Å². The Morgan fingerprint density at radius 1 is 1.17 bits per heavy atom. The Kier molecular flexibility index (Phi) is 7.16. The summed E-state index contributed by atoms with van der Waals surface area (Å²) in [5, 5.41) is 12.0. The minimum absolute atomic E-state index is 0.00937. The van der Waals surface area contributed by atoms with E-state index in [0.29, 0.717) is 25.1 Å². The van der Waals surface area contributed by atoms with Crippen LogP contribution in [0.1, 0.15) is 37.3 Å². The third-order valence-corrected chi connectivity index (χ3v) is 4.59. The molecule has 29 heavy (non-hydrogen) atoms. The summed E-state index contributed by atoms with van der Waals surface area (Å²) in [5.74, 6) is -1.01. The van der Waals surface area contributed by atoms with Crippen molar-refractivity contribution in [2.45, 2.75) is 31.7 Å². The first kappa shape index (κ1) is 20.3.